The summed E-state index contributed by atoms with van der Waals surface area (Å²) in [7, 11) is 1.56. The Labute approximate surface area is 212 Å². The van der Waals surface area contributed by atoms with Gasteiger partial charge < -0.3 is 13.9 Å². The summed E-state index contributed by atoms with van der Waals surface area (Å²) in [6.45, 7) is 8.48. The Balaban J connectivity index is 1.74. The van der Waals surface area contributed by atoms with Crippen LogP contribution < -0.4 is 19.8 Å². The van der Waals surface area contributed by atoms with E-state index in [1.165, 1.54) is 16.2 Å². The molecule has 2 aromatic heterocycles. The maximum atomic E-state index is 13.8. The van der Waals surface area contributed by atoms with E-state index in [4.69, 9.17) is 13.9 Å². The smallest absolute Gasteiger partial charge is 0.297 e. The quantitative estimate of drug-likeness (QED) is 0.336. The van der Waals surface area contributed by atoms with Crippen LogP contribution in [0.3, 0.4) is 0 Å². The van der Waals surface area contributed by atoms with Gasteiger partial charge in [-0.05, 0) is 49.6 Å². The number of hydrogen-bond donors (Lipinski definition) is 0. The van der Waals surface area contributed by atoms with Gasteiger partial charge in [0.2, 0.25) is 10.9 Å². The SMILES string of the molecule is CCOc1ccc(C2c3c(oc4ccc(C)cc4c3=O)C(=O)N2c2nnc(CC(C)C)s2)cc1OC. The van der Waals surface area contributed by atoms with E-state index in [1.807, 2.05) is 26.0 Å². The Morgan fingerprint density at radius 2 is 1.92 bits per heavy atom. The van der Waals surface area contributed by atoms with E-state index >= 15 is 0 Å². The molecule has 1 aliphatic heterocycles. The molecule has 0 saturated carbocycles. The number of carbonyl (C=O) groups excluding carboxylic acids is 1. The van der Waals surface area contributed by atoms with E-state index in [9.17, 15) is 9.59 Å². The fourth-order valence-electron chi connectivity index (χ4n) is 4.50. The van der Waals surface area contributed by atoms with Gasteiger partial charge in [-0.3, -0.25) is 14.5 Å². The first kappa shape index (κ1) is 24.0. The molecule has 0 saturated heterocycles. The Kier molecular flexibility index (Phi) is 6.26. The molecule has 8 nitrogen and oxygen atoms in total. The third-order valence-electron chi connectivity index (χ3n) is 6.07. The van der Waals surface area contributed by atoms with Crippen LogP contribution in [0.2, 0.25) is 0 Å². The summed E-state index contributed by atoms with van der Waals surface area (Å²) in [4.78, 5) is 29.1. The second-order valence-corrected chi connectivity index (χ2v) is 10.2. The number of methoxy groups -OCH3 is 1. The molecule has 1 aliphatic rings. The van der Waals surface area contributed by atoms with Crippen LogP contribution >= 0.6 is 11.3 Å². The molecule has 186 valence electrons. The van der Waals surface area contributed by atoms with Crippen LogP contribution in [0, 0.1) is 12.8 Å². The number of ether oxygens (including phenoxy) is 2. The summed E-state index contributed by atoms with van der Waals surface area (Å²) in [5.74, 6) is 1.08. The van der Waals surface area contributed by atoms with E-state index in [0.29, 0.717) is 45.7 Å². The summed E-state index contributed by atoms with van der Waals surface area (Å²) in [6, 6.07) is 10.0. The third kappa shape index (κ3) is 4.03. The monoisotopic (exact) mass is 505 g/mol. The topological polar surface area (TPSA) is 94.8 Å². The number of rotatable bonds is 7. The van der Waals surface area contributed by atoms with Gasteiger partial charge in [-0.15, -0.1) is 10.2 Å². The van der Waals surface area contributed by atoms with Gasteiger partial charge in [-0.25, -0.2) is 0 Å². The van der Waals surface area contributed by atoms with E-state index in [1.54, 1.807) is 31.4 Å². The van der Waals surface area contributed by atoms with Gasteiger partial charge in [-0.2, -0.15) is 0 Å². The Morgan fingerprint density at radius 1 is 1.11 bits per heavy atom. The lowest BCUT2D eigenvalue weighted by Gasteiger charge is -2.23. The third-order valence-corrected chi connectivity index (χ3v) is 7.02. The summed E-state index contributed by atoms with van der Waals surface area (Å²) in [5, 5.41) is 10.3. The Morgan fingerprint density at radius 3 is 2.64 bits per heavy atom. The highest BCUT2D eigenvalue weighted by Crippen LogP contribution is 2.44. The van der Waals surface area contributed by atoms with E-state index < -0.39 is 11.9 Å². The minimum Gasteiger partial charge on any atom is -0.493 e. The van der Waals surface area contributed by atoms with Gasteiger partial charge in [0.05, 0.1) is 30.7 Å². The first-order valence-corrected chi connectivity index (χ1v) is 12.7. The normalized spacial score (nSPS) is 15.1. The minimum atomic E-state index is -0.752. The van der Waals surface area contributed by atoms with Crippen molar-refractivity contribution in [1.82, 2.24) is 10.2 Å². The van der Waals surface area contributed by atoms with E-state index in [0.717, 1.165) is 17.0 Å². The number of carbonyl (C=O) groups is 1. The highest BCUT2D eigenvalue weighted by Gasteiger charge is 2.45. The molecule has 0 spiro atoms. The first-order valence-electron chi connectivity index (χ1n) is 11.9. The first-order chi connectivity index (χ1) is 17.3. The van der Waals surface area contributed by atoms with Crippen molar-refractivity contribution >= 4 is 33.3 Å². The zero-order valence-corrected chi connectivity index (χ0v) is 21.6. The molecular formula is C27H27N3O5S. The van der Waals surface area contributed by atoms with E-state index in [2.05, 4.69) is 24.0 Å². The lowest BCUT2D eigenvalue weighted by atomic mass is 9.98. The summed E-state index contributed by atoms with van der Waals surface area (Å²) in [5.41, 5.74) is 2.03. The molecule has 1 amide bonds. The van der Waals surface area contributed by atoms with Crippen molar-refractivity contribution in [2.45, 2.75) is 40.2 Å². The van der Waals surface area contributed by atoms with E-state index in [-0.39, 0.29) is 16.8 Å². The molecule has 0 aliphatic carbocycles. The van der Waals surface area contributed by atoms with Crippen LogP contribution in [-0.2, 0) is 6.42 Å². The van der Waals surface area contributed by atoms with Crippen LogP contribution in [-0.4, -0.2) is 29.8 Å². The summed E-state index contributed by atoms with van der Waals surface area (Å²) < 4.78 is 17.3. The second kappa shape index (κ2) is 9.39. The fourth-order valence-corrected chi connectivity index (χ4v) is 5.58. The van der Waals surface area contributed by atoms with Crippen molar-refractivity contribution < 1.29 is 18.7 Å². The molecule has 2 aromatic carbocycles. The van der Waals surface area contributed by atoms with Crippen LogP contribution in [0.15, 0.2) is 45.6 Å². The number of aryl methyl sites for hydroxylation is 1. The van der Waals surface area contributed by atoms with Crippen molar-refractivity contribution in [3.05, 3.63) is 74.1 Å². The van der Waals surface area contributed by atoms with Gasteiger partial charge in [0.25, 0.3) is 5.91 Å². The molecule has 0 bridgehead atoms. The van der Waals surface area contributed by atoms with Gasteiger partial charge in [-0.1, -0.05) is 42.9 Å². The van der Waals surface area contributed by atoms with Crippen molar-refractivity contribution in [3.8, 4) is 11.5 Å². The van der Waals surface area contributed by atoms with Gasteiger partial charge in [0.1, 0.15) is 10.6 Å². The standard InChI is InChI=1S/C27H27N3O5S/c1-6-34-19-10-8-16(13-20(19)33-5)23-22-24(31)17-12-15(4)7-9-18(17)35-25(22)26(32)30(23)27-29-28-21(36-27)11-14(2)3/h7-10,12-14,23H,6,11H2,1-5H3. The van der Waals surface area contributed by atoms with Gasteiger partial charge in [0, 0.05) is 6.42 Å². The number of amides is 1. The number of aromatic nitrogens is 2. The number of fused-ring (bicyclic) bond motifs is 2. The largest absolute Gasteiger partial charge is 0.493 e. The van der Waals surface area contributed by atoms with Crippen molar-refractivity contribution in [2.24, 2.45) is 5.92 Å². The second-order valence-electron chi connectivity index (χ2n) is 9.17. The van der Waals surface area contributed by atoms with Crippen molar-refractivity contribution in [2.75, 3.05) is 18.6 Å². The lowest BCUT2D eigenvalue weighted by molar-refractivity contribution is 0.0970. The fraction of sp³-hybridized carbons (Fsp3) is 0.333. The van der Waals surface area contributed by atoms with Crippen molar-refractivity contribution in [1.29, 1.82) is 0 Å². The van der Waals surface area contributed by atoms with Crippen molar-refractivity contribution in [3.63, 3.8) is 0 Å². The molecule has 1 unspecified atom stereocenters. The molecule has 3 heterocycles. The number of anilines is 1. The van der Waals surface area contributed by atoms with Crippen LogP contribution in [0.1, 0.15) is 59.1 Å². The Hall–Kier alpha value is -3.72. The minimum absolute atomic E-state index is 0.0230. The average molecular weight is 506 g/mol. The maximum absolute atomic E-state index is 13.8. The number of nitrogens with zero attached hydrogens (tertiary/aromatic N) is 3. The summed E-state index contributed by atoms with van der Waals surface area (Å²) >= 11 is 1.35. The molecule has 4 aromatic rings. The molecule has 36 heavy (non-hydrogen) atoms. The predicted octanol–water partition coefficient (Wildman–Crippen LogP) is 5.31. The average Bonchev–Trinajstić information content (AvgIpc) is 3.41. The molecule has 0 N–H and O–H groups in total. The Bertz CT molecular complexity index is 1520. The molecule has 9 heteroatoms. The highest BCUT2D eigenvalue weighted by atomic mass is 32.1. The lowest BCUT2D eigenvalue weighted by Crippen LogP contribution is -2.29. The van der Waals surface area contributed by atoms with Crippen LogP contribution in [0.25, 0.3) is 11.0 Å². The number of hydrogen-bond acceptors (Lipinski definition) is 8. The summed E-state index contributed by atoms with van der Waals surface area (Å²) in [6.07, 6.45) is 0.745. The predicted molar refractivity (Wildman–Crippen MR) is 138 cm³/mol. The van der Waals surface area contributed by atoms with Crippen LogP contribution in [0.5, 0.6) is 11.5 Å². The number of benzene rings is 2. The zero-order chi connectivity index (χ0) is 25.6. The molecule has 0 radical (unpaired) electrons. The highest BCUT2D eigenvalue weighted by molar-refractivity contribution is 7.15. The molecular weight excluding hydrogens is 478 g/mol. The zero-order valence-electron chi connectivity index (χ0n) is 20.8. The van der Waals surface area contributed by atoms with Gasteiger partial charge >= 0.3 is 0 Å². The van der Waals surface area contributed by atoms with Crippen LogP contribution in [0.4, 0.5) is 5.13 Å². The molecule has 1 atom stereocenters. The van der Waals surface area contributed by atoms with Gasteiger partial charge in [0.15, 0.2) is 16.9 Å². The molecule has 0 fully saturated rings. The maximum Gasteiger partial charge on any atom is 0.297 e. The molecule has 5 rings (SSSR count).